The molecule has 0 spiro atoms. The van der Waals surface area contributed by atoms with Crippen molar-refractivity contribution in [2.24, 2.45) is 5.92 Å². The first-order chi connectivity index (χ1) is 13.9. The zero-order valence-corrected chi connectivity index (χ0v) is 20.6. The van der Waals surface area contributed by atoms with Crippen LogP contribution in [0.5, 0.6) is 5.75 Å². The van der Waals surface area contributed by atoms with E-state index in [1.54, 1.807) is 48.5 Å². The number of fused-ring (bicyclic) bond motifs is 1. The van der Waals surface area contributed by atoms with Gasteiger partial charge in [-0.05, 0) is 85.6 Å². The first-order valence-corrected chi connectivity index (χ1v) is 9.80. The monoisotopic (exact) mass is 542 g/mol. The van der Waals surface area contributed by atoms with Gasteiger partial charge < -0.3 is 21.9 Å². The van der Waals surface area contributed by atoms with E-state index in [2.05, 4.69) is 46.5 Å². The Morgan fingerprint density at radius 3 is 2.10 bits per heavy atom. The van der Waals surface area contributed by atoms with Crippen LogP contribution in [-0.2, 0) is 19.5 Å². The van der Waals surface area contributed by atoms with Crippen molar-refractivity contribution in [3.8, 4) is 17.1 Å². The predicted molar refractivity (Wildman–Crippen MR) is 117 cm³/mol. The summed E-state index contributed by atoms with van der Waals surface area (Å²) in [6.07, 6.45) is 8.71. The molecule has 6 radical (unpaired) electrons. The van der Waals surface area contributed by atoms with Crippen molar-refractivity contribution in [1.29, 1.82) is 0 Å². The SMILES string of the molecule is C[C]1[CH][CH][C](C(C)C)[CH][CH]1.O=c1c([O-])c(-c2ccc(Cl)cc2)oc2ccccc12.[Cl-].[Ru+2]. The number of rotatable bonds is 2. The van der Waals surface area contributed by atoms with Crippen LogP contribution in [0.25, 0.3) is 22.3 Å². The quantitative estimate of drug-likeness (QED) is 0.469. The second-order valence-corrected chi connectivity index (χ2v) is 7.59. The fourth-order valence-corrected chi connectivity index (χ4v) is 2.99. The van der Waals surface area contributed by atoms with Crippen molar-refractivity contribution >= 4 is 22.6 Å². The van der Waals surface area contributed by atoms with Gasteiger partial charge in [-0.3, -0.25) is 4.79 Å². The van der Waals surface area contributed by atoms with Crippen molar-refractivity contribution in [3.63, 3.8) is 0 Å². The fraction of sp³-hybridized carbons (Fsp3) is 0.160. The molecule has 3 nitrogen and oxygen atoms in total. The molecule has 1 aromatic heterocycles. The molecule has 0 unspecified atom stereocenters. The molecule has 1 aliphatic carbocycles. The summed E-state index contributed by atoms with van der Waals surface area (Å²) in [5, 5.41) is 12.9. The number of para-hydroxylation sites is 1. The summed E-state index contributed by atoms with van der Waals surface area (Å²) in [4.78, 5) is 12.0. The van der Waals surface area contributed by atoms with Gasteiger partial charge in [0.25, 0.3) is 0 Å². The summed E-state index contributed by atoms with van der Waals surface area (Å²) in [6, 6.07) is 13.3. The van der Waals surface area contributed by atoms with Gasteiger partial charge in [0.1, 0.15) is 11.3 Å². The molecule has 2 aromatic carbocycles. The van der Waals surface area contributed by atoms with Crippen LogP contribution in [0.15, 0.2) is 57.7 Å². The van der Waals surface area contributed by atoms with Gasteiger partial charge in [-0.25, -0.2) is 0 Å². The zero-order valence-electron chi connectivity index (χ0n) is 17.3. The largest absolute Gasteiger partial charge is 2.00 e. The Hall–Kier alpha value is -1.35. The Morgan fingerprint density at radius 2 is 1.52 bits per heavy atom. The second kappa shape index (κ2) is 12.6. The van der Waals surface area contributed by atoms with Gasteiger partial charge in [-0.15, -0.1) is 0 Å². The number of halogens is 2. The molecule has 0 atom stereocenters. The summed E-state index contributed by atoms with van der Waals surface area (Å²) in [5.41, 5.74) is 0.390. The molecule has 1 fully saturated rings. The fourth-order valence-electron chi connectivity index (χ4n) is 2.87. The third-order valence-corrected chi connectivity index (χ3v) is 4.86. The molecular formula is C25H22Cl2O3Ru. The number of benzene rings is 2. The molecule has 1 heterocycles. The zero-order chi connectivity index (χ0) is 21.0. The van der Waals surface area contributed by atoms with Crippen LogP contribution in [0, 0.1) is 43.4 Å². The molecular weight excluding hydrogens is 520 g/mol. The molecule has 162 valence electrons. The van der Waals surface area contributed by atoms with Crippen molar-refractivity contribution in [2.45, 2.75) is 20.8 Å². The van der Waals surface area contributed by atoms with Crippen molar-refractivity contribution in [2.75, 3.05) is 0 Å². The van der Waals surface area contributed by atoms with Crippen molar-refractivity contribution in [3.05, 3.63) is 101 Å². The first kappa shape index (κ1) is 27.7. The van der Waals surface area contributed by atoms with Gasteiger partial charge in [0.05, 0.1) is 5.39 Å². The molecule has 3 aromatic rings. The number of hydrogen-bond donors (Lipinski definition) is 0. The van der Waals surface area contributed by atoms with E-state index >= 15 is 0 Å². The summed E-state index contributed by atoms with van der Waals surface area (Å²) in [5.74, 6) is 2.82. The smallest absolute Gasteiger partial charge is 1.00 e. The summed E-state index contributed by atoms with van der Waals surface area (Å²) in [7, 11) is 0. The van der Waals surface area contributed by atoms with E-state index in [9.17, 15) is 9.90 Å². The van der Waals surface area contributed by atoms with Crippen LogP contribution in [0.1, 0.15) is 20.8 Å². The third-order valence-electron chi connectivity index (χ3n) is 4.61. The van der Waals surface area contributed by atoms with Crippen LogP contribution < -0.4 is 22.9 Å². The molecule has 0 N–H and O–H groups in total. The van der Waals surface area contributed by atoms with Gasteiger partial charge in [0.15, 0.2) is 5.43 Å². The van der Waals surface area contributed by atoms with Gasteiger partial charge in [0.2, 0.25) is 0 Å². The Morgan fingerprint density at radius 1 is 0.935 bits per heavy atom. The second-order valence-electron chi connectivity index (χ2n) is 7.16. The van der Waals surface area contributed by atoms with E-state index in [-0.39, 0.29) is 37.6 Å². The molecule has 6 heteroatoms. The first-order valence-electron chi connectivity index (χ1n) is 9.42. The summed E-state index contributed by atoms with van der Waals surface area (Å²) in [6.45, 7) is 6.54. The molecule has 31 heavy (non-hydrogen) atoms. The van der Waals surface area contributed by atoms with E-state index in [4.69, 9.17) is 16.0 Å². The van der Waals surface area contributed by atoms with Crippen LogP contribution in [-0.4, -0.2) is 0 Å². The Bertz CT molecular complexity index is 1010. The van der Waals surface area contributed by atoms with E-state index in [0.717, 1.165) is 0 Å². The minimum absolute atomic E-state index is 0. The van der Waals surface area contributed by atoms with Crippen molar-refractivity contribution < 1.29 is 41.4 Å². The Balaban J connectivity index is 0.000000345. The normalized spacial score (nSPS) is 14.4. The average molecular weight is 542 g/mol. The molecule has 0 amide bonds. The van der Waals surface area contributed by atoms with Crippen LogP contribution in [0.4, 0.5) is 0 Å². The minimum atomic E-state index is -0.638. The average Bonchev–Trinajstić information content (AvgIpc) is 2.72. The van der Waals surface area contributed by atoms with E-state index < -0.39 is 11.2 Å². The van der Waals surface area contributed by atoms with Gasteiger partial charge in [-0.1, -0.05) is 44.5 Å². The van der Waals surface area contributed by atoms with Crippen LogP contribution >= 0.6 is 11.6 Å². The number of hydrogen-bond acceptors (Lipinski definition) is 3. The standard InChI is InChI=1S/C15H9ClO3.C10H14.ClH.Ru/c16-10-7-5-9(6-8-10)15-14(18)13(17)11-3-1-2-4-12(11)19-15;1-8(2)10-6-4-9(3)5-7-10;;/h1-8,18H;4-8H,1-3H3;1H;/q;;;+2/p-2. The maximum absolute atomic E-state index is 12.0. The Kier molecular flexibility index (Phi) is 11.3. The van der Waals surface area contributed by atoms with Crippen molar-refractivity contribution in [1.82, 2.24) is 0 Å². The maximum atomic E-state index is 12.0. The summed E-state index contributed by atoms with van der Waals surface area (Å²) >= 11 is 5.79. The topological polar surface area (TPSA) is 53.3 Å². The van der Waals surface area contributed by atoms with E-state index in [1.165, 1.54) is 11.8 Å². The minimum Gasteiger partial charge on any atom is -1.00 e. The molecule has 4 rings (SSSR count). The van der Waals surface area contributed by atoms with Gasteiger partial charge in [-0.2, -0.15) is 0 Å². The molecule has 1 saturated carbocycles. The Labute approximate surface area is 208 Å². The summed E-state index contributed by atoms with van der Waals surface area (Å²) < 4.78 is 5.54. The molecule has 1 aliphatic rings. The third kappa shape index (κ3) is 7.07. The molecule has 0 bridgehead atoms. The van der Waals surface area contributed by atoms with E-state index in [0.29, 0.717) is 27.5 Å². The van der Waals surface area contributed by atoms with Gasteiger partial charge >= 0.3 is 19.5 Å². The molecule has 0 aliphatic heterocycles. The van der Waals surface area contributed by atoms with Crippen LogP contribution in [0.3, 0.4) is 0 Å². The van der Waals surface area contributed by atoms with Gasteiger partial charge in [0, 0.05) is 10.6 Å². The maximum Gasteiger partial charge on any atom is 2.00 e. The van der Waals surface area contributed by atoms with Crippen LogP contribution in [0.2, 0.25) is 5.02 Å². The molecule has 0 saturated heterocycles. The predicted octanol–water partition coefficient (Wildman–Crippen LogP) is 2.83. The van der Waals surface area contributed by atoms with E-state index in [1.807, 2.05) is 0 Å².